The van der Waals surface area contributed by atoms with Gasteiger partial charge in [-0.15, -0.1) is 0 Å². The first-order chi connectivity index (χ1) is 7.75. The summed E-state index contributed by atoms with van der Waals surface area (Å²) in [5.74, 6) is -1.61. The van der Waals surface area contributed by atoms with Crippen LogP contribution >= 0.6 is 0 Å². The molecule has 2 saturated carbocycles. The summed E-state index contributed by atoms with van der Waals surface area (Å²) in [4.78, 5) is 22.8. The van der Waals surface area contributed by atoms with E-state index in [4.69, 9.17) is 9.47 Å². The molecule has 4 heteroatoms. The highest BCUT2D eigenvalue weighted by atomic mass is 16.6. The Bertz CT molecular complexity index is 234. The van der Waals surface area contributed by atoms with Gasteiger partial charge < -0.3 is 9.47 Å². The summed E-state index contributed by atoms with van der Waals surface area (Å²) >= 11 is 0. The smallest absolute Gasteiger partial charge is 0.417 e. The van der Waals surface area contributed by atoms with Crippen LogP contribution in [0.2, 0.25) is 0 Å². The zero-order valence-electron chi connectivity index (χ0n) is 9.44. The third-order valence-corrected chi connectivity index (χ3v) is 3.32. The van der Waals surface area contributed by atoms with Gasteiger partial charge in [-0.1, -0.05) is 0 Å². The highest BCUT2D eigenvalue weighted by Crippen LogP contribution is 2.23. The van der Waals surface area contributed by atoms with Crippen molar-refractivity contribution >= 4 is 11.9 Å². The first kappa shape index (κ1) is 11.4. The monoisotopic (exact) mass is 226 g/mol. The van der Waals surface area contributed by atoms with Crippen LogP contribution in [0.3, 0.4) is 0 Å². The van der Waals surface area contributed by atoms with Gasteiger partial charge in [0.2, 0.25) is 0 Å². The molecule has 0 amide bonds. The van der Waals surface area contributed by atoms with Crippen molar-refractivity contribution < 1.29 is 19.1 Å². The molecule has 0 saturated heterocycles. The molecular formula is C12H18O4. The highest BCUT2D eigenvalue weighted by Gasteiger charge is 2.28. The molecule has 2 fully saturated rings. The molecule has 0 radical (unpaired) electrons. The third-order valence-electron chi connectivity index (χ3n) is 3.32. The second kappa shape index (κ2) is 5.32. The molecule has 16 heavy (non-hydrogen) atoms. The summed E-state index contributed by atoms with van der Waals surface area (Å²) in [6.07, 6.45) is 7.69. The lowest BCUT2D eigenvalue weighted by Crippen LogP contribution is -2.27. The molecule has 2 aliphatic carbocycles. The van der Waals surface area contributed by atoms with E-state index < -0.39 is 11.9 Å². The van der Waals surface area contributed by atoms with Crippen LogP contribution < -0.4 is 0 Å². The Morgan fingerprint density at radius 2 is 1.00 bits per heavy atom. The summed E-state index contributed by atoms with van der Waals surface area (Å²) in [6.45, 7) is 0. The molecule has 4 nitrogen and oxygen atoms in total. The van der Waals surface area contributed by atoms with Gasteiger partial charge in [-0.05, 0) is 51.4 Å². The first-order valence-corrected chi connectivity index (χ1v) is 6.17. The second-order valence-corrected chi connectivity index (χ2v) is 4.62. The molecule has 0 N–H and O–H groups in total. The van der Waals surface area contributed by atoms with E-state index in [1.807, 2.05) is 0 Å². The van der Waals surface area contributed by atoms with E-state index in [0.717, 1.165) is 51.4 Å². The molecule has 0 unspecified atom stereocenters. The largest absolute Gasteiger partial charge is 0.454 e. The SMILES string of the molecule is O=C(OC1CCCC1)C(=O)OC1CCCC1. The molecule has 2 aliphatic rings. The van der Waals surface area contributed by atoms with Gasteiger partial charge in [-0.25, -0.2) is 9.59 Å². The van der Waals surface area contributed by atoms with E-state index in [0.29, 0.717) is 0 Å². The average Bonchev–Trinajstić information content (AvgIpc) is 2.90. The molecular weight excluding hydrogens is 208 g/mol. The predicted molar refractivity (Wildman–Crippen MR) is 56.7 cm³/mol. The van der Waals surface area contributed by atoms with Crippen molar-refractivity contribution in [1.29, 1.82) is 0 Å². The lowest BCUT2D eigenvalue weighted by molar-refractivity contribution is -0.173. The predicted octanol–water partition coefficient (Wildman–Crippen LogP) is 1.96. The molecule has 0 bridgehead atoms. The van der Waals surface area contributed by atoms with Crippen LogP contribution in [0.5, 0.6) is 0 Å². The molecule has 0 heterocycles. The van der Waals surface area contributed by atoms with Crippen molar-refractivity contribution in [3.8, 4) is 0 Å². The second-order valence-electron chi connectivity index (χ2n) is 4.62. The zero-order chi connectivity index (χ0) is 11.4. The molecule has 0 aromatic heterocycles. The number of esters is 2. The van der Waals surface area contributed by atoms with Crippen LogP contribution in [0.25, 0.3) is 0 Å². The van der Waals surface area contributed by atoms with Crippen LogP contribution in [-0.4, -0.2) is 24.1 Å². The summed E-state index contributed by atoms with van der Waals surface area (Å²) in [5, 5.41) is 0. The standard InChI is InChI=1S/C12H18O4/c13-11(15-9-5-1-2-6-9)12(14)16-10-7-3-4-8-10/h9-10H,1-8H2. The van der Waals surface area contributed by atoms with Crippen LogP contribution in [0.4, 0.5) is 0 Å². The Hall–Kier alpha value is -1.06. The topological polar surface area (TPSA) is 52.6 Å². The summed E-state index contributed by atoms with van der Waals surface area (Å²) in [5.41, 5.74) is 0. The minimum Gasteiger partial charge on any atom is -0.454 e. The first-order valence-electron chi connectivity index (χ1n) is 6.17. The maximum Gasteiger partial charge on any atom is 0.417 e. The van der Waals surface area contributed by atoms with Crippen molar-refractivity contribution in [2.45, 2.75) is 63.6 Å². The van der Waals surface area contributed by atoms with Gasteiger partial charge in [0, 0.05) is 0 Å². The quantitative estimate of drug-likeness (QED) is 0.533. The number of rotatable bonds is 2. The lowest BCUT2D eigenvalue weighted by atomic mass is 10.3. The summed E-state index contributed by atoms with van der Waals surface area (Å²) in [6, 6.07) is 0. The lowest BCUT2D eigenvalue weighted by Gasteiger charge is -2.13. The van der Waals surface area contributed by atoms with E-state index in [2.05, 4.69) is 0 Å². The molecule has 0 spiro atoms. The number of hydrogen-bond donors (Lipinski definition) is 0. The highest BCUT2D eigenvalue weighted by molar-refractivity contribution is 6.29. The Kier molecular flexibility index (Phi) is 3.80. The Morgan fingerprint density at radius 1 is 0.688 bits per heavy atom. The maximum absolute atomic E-state index is 11.4. The van der Waals surface area contributed by atoms with Gasteiger partial charge in [-0.2, -0.15) is 0 Å². The Labute approximate surface area is 95.3 Å². The minimum absolute atomic E-state index is 0.0661. The fraction of sp³-hybridized carbons (Fsp3) is 0.833. The fourth-order valence-corrected chi connectivity index (χ4v) is 2.41. The average molecular weight is 226 g/mol. The summed E-state index contributed by atoms with van der Waals surface area (Å²) < 4.78 is 10.1. The van der Waals surface area contributed by atoms with E-state index in [1.165, 1.54) is 0 Å². The van der Waals surface area contributed by atoms with E-state index in [1.54, 1.807) is 0 Å². The van der Waals surface area contributed by atoms with Crippen molar-refractivity contribution in [2.75, 3.05) is 0 Å². The fourth-order valence-electron chi connectivity index (χ4n) is 2.41. The molecule has 90 valence electrons. The van der Waals surface area contributed by atoms with Gasteiger partial charge in [0.25, 0.3) is 0 Å². The molecule has 0 aromatic rings. The van der Waals surface area contributed by atoms with E-state index >= 15 is 0 Å². The van der Waals surface area contributed by atoms with Crippen LogP contribution in [-0.2, 0) is 19.1 Å². The number of hydrogen-bond acceptors (Lipinski definition) is 4. The molecule has 2 rings (SSSR count). The van der Waals surface area contributed by atoms with E-state index in [9.17, 15) is 9.59 Å². The van der Waals surface area contributed by atoms with Crippen molar-refractivity contribution in [3.05, 3.63) is 0 Å². The van der Waals surface area contributed by atoms with Gasteiger partial charge in [0.1, 0.15) is 12.2 Å². The van der Waals surface area contributed by atoms with Crippen molar-refractivity contribution in [2.24, 2.45) is 0 Å². The third kappa shape index (κ3) is 2.97. The minimum atomic E-state index is -0.807. The number of ether oxygens (including phenoxy) is 2. The van der Waals surface area contributed by atoms with Gasteiger partial charge in [-0.3, -0.25) is 0 Å². The molecule has 0 atom stereocenters. The molecule has 0 aliphatic heterocycles. The van der Waals surface area contributed by atoms with Gasteiger partial charge >= 0.3 is 11.9 Å². The zero-order valence-corrected chi connectivity index (χ0v) is 9.44. The van der Waals surface area contributed by atoms with Crippen molar-refractivity contribution in [1.82, 2.24) is 0 Å². The number of carbonyl (C=O) groups excluding carboxylic acids is 2. The molecule has 0 aromatic carbocycles. The van der Waals surface area contributed by atoms with Gasteiger partial charge in [0.15, 0.2) is 0 Å². The normalized spacial score (nSPS) is 22.2. The Balaban J connectivity index is 1.72. The van der Waals surface area contributed by atoms with Crippen molar-refractivity contribution in [3.63, 3.8) is 0 Å². The number of carbonyl (C=O) groups is 2. The van der Waals surface area contributed by atoms with E-state index in [-0.39, 0.29) is 12.2 Å². The van der Waals surface area contributed by atoms with Crippen LogP contribution in [0.1, 0.15) is 51.4 Å². The Morgan fingerprint density at radius 3 is 1.31 bits per heavy atom. The van der Waals surface area contributed by atoms with Crippen LogP contribution in [0.15, 0.2) is 0 Å². The summed E-state index contributed by atoms with van der Waals surface area (Å²) in [7, 11) is 0. The van der Waals surface area contributed by atoms with Gasteiger partial charge in [0.05, 0.1) is 0 Å². The maximum atomic E-state index is 11.4. The van der Waals surface area contributed by atoms with Crippen LogP contribution in [0, 0.1) is 0 Å².